The molecule has 1 aliphatic rings. The Morgan fingerprint density at radius 3 is 2.23 bits per heavy atom. The quantitative estimate of drug-likeness (QED) is 0.659. The Hall–Kier alpha value is -2.13. The number of rotatable bonds is 8. The molecule has 0 radical (unpaired) electrons. The Morgan fingerprint density at radius 1 is 1.00 bits per heavy atom. The standard InChI is InChI=1S/C21H27N3O4S.ClH/c1-28-19-7-9-20(10-8-19)29(26,27)24-15-13-23(14-16-24)12-11-22-21(25)17-18-5-3-2-4-6-18;/h2-10H,11-17H2,1H3,(H,22,25);1H. The molecule has 0 aromatic heterocycles. The summed E-state index contributed by atoms with van der Waals surface area (Å²) in [5.74, 6) is 0.625. The summed E-state index contributed by atoms with van der Waals surface area (Å²) in [6.07, 6.45) is 0.370. The third kappa shape index (κ3) is 6.43. The topological polar surface area (TPSA) is 79.0 Å². The molecule has 30 heavy (non-hydrogen) atoms. The number of sulfonamides is 1. The fourth-order valence-electron chi connectivity index (χ4n) is 3.29. The van der Waals surface area contributed by atoms with Gasteiger partial charge in [0.1, 0.15) is 5.75 Å². The second-order valence-corrected chi connectivity index (χ2v) is 8.87. The number of amides is 1. The van der Waals surface area contributed by atoms with Crippen LogP contribution in [0.1, 0.15) is 5.56 Å². The van der Waals surface area contributed by atoms with Crippen molar-refractivity contribution in [3.8, 4) is 5.75 Å². The molecule has 0 unspecified atom stereocenters. The van der Waals surface area contributed by atoms with Crippen molar-refractivity contribution in [3.63, 3.8) is 0 Å². The molecule has 2 aromatic carbocycles. The van der Waals surface area contributed by atoms with Crippen molar-refractivity contribution in [1.82, 2.24) is 14.5 Å². The summed E-state index contributed by atoms with van der Waals surface area (Å²) in [6, 6.07) is 16.1. The SMILES string of the molecule is COc1ccc(S(=O)(=O)N2CCN(CCNC(=O)Cc3ccccc3)CC2)cc1.Cl. The fraction of sp³-hybridized carbons (Fsp3) is 0.381. The average molecular weight is 454 g/mol. The number of piperazine rings is 1. The Balaban J connectivity index is 0.00000320. The highest BCUT2D eigenvalue weighted by molar-refractivity contribution is 7.89. The number of carbonyl (C=O) groups excluding carboxylic acids is 1. The predicted octanol–water partition coefficient (Wildman–Crippen LogP) is 1.78. The van der Waals surface area contributed by atoms with E-state index in [1.807, 2.05) is 30.3 Å². The molecule has 1 saturated heterocycles. The van der Waals surface area contributed by atoms with Gasteiger partial charge in [-0.05, 0) is 29.8 Å². The first kappa shape index (κ1) is 24.1. The number of nitrogens with zero attached hydrogens (tertiary/aromatic N) is 2. The lowest BCUT2D eigenvalue weighted by Crippen LogP contribution is -2.50. The largest absolute Gasteiger partial charge is 0.497 e. The van der Waals surface area contributed by atoms with E-state index in [1.165, 1.54) is 4.31 Å². The number of hydrogen-bond donors (Lipinski definition) is 1. The average Bonchev–Trinajstić information content (AvgIpc) is 2.75. The molecule has 9 heteroatoms. The van der Waals surface area contributed by atoms with Gasteiger partial charge in [0.25, 0.3) is 0 Å². The van der Waals surface area contributed by atoms with Crippen molar-refractivity contribution in [1.29, 1.82) is 0 Å². The minimum atomic E-state index is -3.50. The van der Waals surface area contributed by atoms with Gasteiger partial charge >= 0.3 is 0 Å². The molecule has 164 valence electrons. The normalized spacial score (nSPS) is 15.2. The molecule has 1 fully saturated rings. The number of carbonyl (C=O) groups is 1. The third-order valence-electron chi connectivity index (χ3n) is 4.99. The van der Waals surface area contributed by atoms with Crippen LogP contribution in [0.5, 0.6) is 5.75 Å². The van der Waals surface area contributed by atoms with Gasteiger partial charge in [-0.2, -0.15) is 4.31 Å². The number of ether oxygens (including phenoxy) is 1. The molecule has 3 rings (SSSR count). The summed E-state index contributed by atoms with van der Waals surface area (Å²) in [5, 5.41) is 2.93. The highest BCUT2D eigenvalue weighted by Gasteiger charge is 2.28. The highest BCUT2D eigenvalue weighted by Crippen LogP contribution is 2.20. The van der Waals surface area contributed by atoms with Crippen LogP contribution in [-0.2, 0) is 21.2 Å². The maximum Gasteiger partial charge on any atom is 0.243 e. The van der Waals surface area contributed by atoms with E-state index in [9.17, 15) is 13.2 Å². The van der Waals surface area contributed by atoms with Crippen molar-refractivity contribution in [2.24, 2.45) is 0 Å². The minimum absolute atomic E-state index is 0. The molecule has 1 aliphatic heterocycles. The van der Waals surface area contributed by atoms with Gasteiger partial charge in [-0.25, -0.2) is 8.42 Å². The zero-order chi connectivity index (χ0) is 20.7. The first-order chi connectivity index (χ1) is 14.0. The monoisotopic (exact) mass is 453 g/mol. The van der Waals surface area contributed by atoms with Crippen LogP contribution in [0.25, 0.3) is 0 Å². The van der Waals surface area contributed by atoms with Crippen LogP contribution in [-0.4, -0.2) is 69.9 Å². The number of halogens is 1. The van der Waals surface area contributed by atoms with Crippen molar-refractivity contribution >= 4 is 28.3 Å². The smallest absolute Gasteiger partial charge is 0.243 e. The molecule has 1 N–H and O–H groups in total. The highest BCUT2D eigenvalue weighted by atomic mass is 35.5. The molecular weight excluding hydrogens is 426 g/mol. The van der Waals surface area contributed by atoms with Crippen molar-refractivity contribution in [3.05, 3.63) is 60.2 Å². The fourth-order valence-corrected chi connectivity index (χ4v) is 4.71. The Bertz CT molecular complexity index is 900. The summed E-state index contributed by atoms with van der Waals surface area (Å²) < 4.78 is 32.2. The number of hydrogen-bond acceptors (Lipinski definition) is 5. The van der Waals surface area contributed by atoms with Crippen molar-refractivity contribution in [2.75, 3.05) is 46.4 Å². The molecule has 0 atom stereocenters. The van der Waals surface area contributed by atoms with E-state index < -0.39 is 10.0 Å². The van der Waals surface area contributed by atoms with E-state index in [-0.39, 0.29) is 23.2 Å². The van der Waals surface area contributed by atoms with Crippen LogP contribution >= 0.6 is 12.4 Å². The lowest BCUT2D eigenvalue weighted by Gasteiger charge is -2.34. The number of methoxy groups -OCH3 is 1. The molecule has 1 heterocycles. The van der Waals surface area contributed by atoms with Crippen LogP contribution in [0.4, 0.5) is 0 Å². The summed E-state index contributed by atoms with van der Waals surface area (Å²) in [7, 11) is -1.95. The summed E-state index contributed by atoms with van der Waals surface area (Å²) >= 11 is 0. The Kier molecular flexibility index (Phi) is 9.10. The van der Waals surface area contributed by atoms with E-state index in [4.69, 9.17) is 4.74 Å². The summed E-state index contributed by atoms with van der Waals surface area (Å²) in [5.41, 5.74) is 0.988. The van der Waals surface area contributed by atoms with Crippen molar-refractivity contribution < 1.29 is 17.9 Å². The molecule has 2 aromatic rings. The number of nitrogens with one attached hydrogen (secondary N) is 1. The van der Waals surface area contributed by atoms with E-state index in [0.717, 1.165) is 5.56 Å². The van der Waals surface area contributed by atoms with Gasteiger partial charge in [-0.15, -0.1) is 12.4 Å². The summed E-state index contributed by atoms with van der Waals surface area (Å²) in [6.45, 7) is 3.42. The molecule has 1 amide bonds. The molecular formula is C21H28ClN3O4S. The van der Waals surface area contributed by atoms with E-state index in [1.54, 1.807) is 31.4 Å². The lowest BCUT2D eigenvalue weighted by molar-refractivity contribution is -0.120. The van der Waals surface area contributed by atoms with Gasteiger partial charge in [0.05, 0.1) is 18.4 Å². The Morgan fingerprint density at radius 2 is 1.63 bits per heavy atom. The molecule has 7 nitrogen and oxygen atoms in total. The third-order valence-corrected chi connectivity index (χ3v) is 6.90. The lowest BCUT2D eigenvalue weighted by atomic mass is 10.1. The van der Waals surface area contributed by atoms with E-state index >= 15 is 0 Å². The van der Waals surface area contributed by atoms with Crippen LogP contribution < -0.4 is 10.1 Å². The maximum atomic E-state index is 12.8. The molecule has 0 saturated carbocycles. The zero-order valence-corrected chi connectivity index (χ0v) is 18.6. The molecule has 0 spiro atoms. The molecule has 0 aliphatic carbocycles. The second kappa shape index (κ2) is 11.3. The molecule has 0 bridgehead atoms. The zero-order valence-electron chi connectivity index (χ0n) is 17.0. The Labute approximate surface area is 184 Å². The van der Waals surface area contributed by atoms with Crippen LogP contribution in [0.3, 0.4) is 0 Å². The van der Waals surface area contributed by atoms with Crippen LogP contribution in [0.15, 0.2) is 59.5 Å². The second-order valence-electron chi connectivity index (χ2n) is 6.93. The van der Waals surface area contributed by atoms with E-state index in [0.29, 0.717) is 51.4 Å². The van der Waals surface area contributed by atoms with E-state index in [2.05, 4.69) is 10.2 Å². The first-order valence-electron chi connectivity index (χ1n) is 9.66. The van der Waals surface area contributed by atoms with Gasteiger partial charge in [-0.1, -0.05) is 30.3 Å². The predicted molar refractivity (Wildman–Crippen MR) is 119 cm³/mol. The van der Waals surface area contributed by atoms with Gasteiger partial charge in [-0.3, -0.25) is 9.69 Å². The van der Waals surface area contributed by atoms with Gasteiger partial charge in [0.2, 0.25) is 15.9 Å². The van der Waals surface area contributed by atoms with Crippen molar-refractivity contribution in [2.45, 2.75) is 11.3 Å². The van der Waals surface area contributed by atoms with Gasteiger partial charge in [0.15, 0.2) is 0 Å². The number of benzene rings is 2. The summed E-state index contributed by atoms with van der Waals surface area (Å²) in [4.78, 5) is 14.5. The van der Waals surface area contributed by atoms with Crippen LogP contribution in [0, 0.1) is 0 Å². The minimum Gasteiger partial charge on any atom is -0.497 e. The van der Waals surface area contributed by atoms with Gasteiger partial charge < -0.3 is 10.1 Å². The van der Waals surface area contributed by atoms with Gasteiger partial charge in [0, 0.05) is 39.3 Å². The maximum absolute atomic E-state index is 12.8. The first-order valence-corrected chi connectivity index (χ1v) is 11.1. The van der Waals surface area contributed by atoms with Crippen LogP contribution in [0.2, 0.25) is 0 Å².